The van der Waals surface area contributed by atoms with Crippen LogP contribution in [0, 0.1) is 11.8 Å². The van der Waals surface area contributed by atoms with E-state index in [1.807, 2.05) is 18.7 Å². The Hall–Kier alpha value is -1.14. The second-order valence-corrected chi connectivity index (χ2v) is 5.94. The number of hydrogen-bond acceptors (Lipinski definition) is 5. The van der Waals surface area contributed by atoms with Crippen LogP contribution >= 0.6 is 0 Å². The molecule has 1 rings (SSSR count). The summed E-state index contributed by atoms with van der Waals surface area (Å²) in [5, 5.41) is 12.2. The van der Waals surface area contributed by atoms with Gasteiger partial charge in [0, 0.05) is 6.04 Å². The normalized spacial score (nSPS) is 25.4. The Labute approximate surface area is 126 Å². The van der Waals surface area contributed by atoms with Crippen LogP contribution in [0.4, 0.5) is 0 Å². The van der Waals surface area contributed by atoms with Gasteiger partial charge in [0.05, 0.1) is 20.3 Å². The number of aliphatic hydroxyl groups excluding tert-OH is 1. The molecule has 0 aromatic carbocycles. The second-order valence-electron chi connectivity index (χ2n) is 5.94. The number of rotatable bonds is 7. The van der Waals surface area contributed by atoms with Crippen molar-refractivity contribution in [3.8, 4) is 0 Å². The average molecular weight is 300 g/mol. The third-order valence-electron chi connectivity index (χ3n) is 4.52. The molecule has 0 radical (unpaired) electrons. The van der Waals surface area contributed by atoms with E-state index in [-0.39, 0.29) is 31.0 Å². The Morgan fingerprint density at radius 2 is 2.14 bits per heavy atom. The average Bonchev–Trinajstić information content (AvgIpc) is 2.82. The number of carbonyl (C=O) groups is 2. The van der Waals surface area contributed by atoms with Crippen molar-refractivity contribution in [3.63, 3.8) is 0 Å². The monoisotopic (exact) mass is 300 g/mol. The molecule has 1 aliphatic rings. The smallest absolute Gasteiger partial charge is 0.328 e. The molecular formula is C15H28N2O4. The number of esters is 1. The zero-order valence-electron chi connectivity index (χ0n) is 13.5. The van der Waals surface area contributed by atoms with Gasteiger partial charge in [0.25, 0.3) is 0 Å². The van der Waals surface area contributed by atoms with Crippen LogP contribution in [0.5, 0.6) is 0 Å². The lowest BCUT2D eigenvalue weighted by Crippen LogP contribution is -2.50. The van der Waals surface area contributed by atoms with Gasteiger partial charge >= 0.3 is 5.97 Å². The second kappa shape index (κ2) is 8.34. The topological polar surface area (TPSA) is 78.9 Å². The summed E-state index contributed by atoms with van der Waals surface area (Å²) in [6.45, 7) is 7.02. The number of likely N-dealkylation sites (tertiary alicyclic amines) is 1. The Balaban J connectivity index is 2.60. The van der Waals surface area contributed by atoms with E-state index in [1.165, 1.54) is 7.11 Å². The fourth-order valence-electron chi connectivity index (χ4n) is 2.78. The van der Waals surface area contributed by atoms with Crippen LogP contribution in [-0.2, 0) is 14.3 Å². The summed E-state index contributed by atoms with van der Waals surface area (Å²) >= 11 is 0. The maximum absolute atomic E-state index is 12.2. The standard InChI is InChI=1S/C15H28N2O4/c1-5-10(2)14(15(20)21-4)16-13(19)8-17-7-6-11(3)12(17)9-18/h10-12,14,18H,5-9H2,1-4H3,(H,16,19). The maximum Gasteiger partial charge on any atom is 0.328 e. The van der Waals surface area contributed by atoms with Crippen LogP contribution in [0.15, 0.2) is 0 Å². The van der Waals surface area contributed by atoms with E-state index in [0.29, 0.717) is 5.92 Å². The lowest BCUT2D eigenvalue weighted by atomic mass is 9.99. The summed E-state index contributed by atoms with van der Waals surface area (Å²) in [5.74, 6) is -0.203. The van der Waals surface area contributed by atoms with E-state index in [0.717, 1.165) is 19.4 Å². The van der Waals surface area contributed by atoms with Crippen LogP contribution in [0.3, 0.4) is 0 Å². The van der Waals surface area contributed by atoms with E-state index in [2.05, 4.69) is 12.2 Å². The number of carbonyl (C=O) groups excluding carboxylic acids is 2. The first-order valence-electron chi connectivity index (χ1n) is 7.66. The molecule has 1 amide bonds. The molecule has 1 saturated heterocycles. The van der Waals surface area contributed by atoms with Crippen LogP contribution in [0.25, 0.3) is 0 Å². The molecule has 1 aliphatic heterocycles. The van der Waals surface area contributed by atoms with Crippen LogP contribution in [-0.4, -0.2) is 60.8 Å². The van der Waals surface area contributed by atoms with E-state index in [9.17, 15) is 14.7 Å². The highest BCUT2D eigenvalue weighted by Crippen LogP contribution is 2.22. The fourth-order valence-corrected chi connectivity index (χ4v) is 2.78. The number of ether oxygens (including phenoxy) is 1. The van der Waals surface area contributed by atoms with Crippen molar-refractivity contribution in [1.82, 2.24) is 10.2 Å². The molecule has 0 spiro atoms. The van der Waals surface area contributed by atoms with Crippen LogP contribution in [0.1, 0.15) is 33.6 Å². The zero-order valence-corrected chi connectivity index (χ0v) is 13.5. The van der Waals surface area contributed by atoms with Crippen molar-refractivity contribution in [2.75, 3.05) is 26.8 Å². The molecule has 6 heteroatoms. The highest BCUT2D eigenvalue weighted by Gasteiger charge is 2.33. The number of hydrogen-bond donors (Lipinski definition) is 2. The predicted molar refractivity (Wildman–Crippen MR) is 79.6 cm³/mol. The highest BCUT2D eigenvalue weighted by molar-refractivity contribution is 5.85. The highest BCUT2D eigenvalue weighted by atomic mass is 16.5. The Kier molecular flexibility index (Phi) is 7.11. The van der Waals surface area contributed by atoms with Gasteiger partial charge in [0.1, 0.15) is 6.04 Å². The minimum Gasteiger partial charge on any atom is -0.467 e. The lowest BCUT2D eigenvalue weighted by molar-refractivity contribution is -0.146. The first-order chi connectivity index (χ1) is 9.94. The Bertz CT molecular complexity index is 362. The first kappa shape index (κ1) is 17.9. The van der Waals surface area contributed by atoms with Gasteiger partial charge in [-0.05, 0) is 24.8 Å². The van der Waals surface area contributed by atoms with Gasteiger partial charge in [-0.2, -0.15) is 0 Å². The maximum atomic E-state index is 12.2. The molecule has 4 atom stereocenters. The van der Waals surface area contributed by atoms with Gasteiger partial charge in [0.15, 0.2) is 0 Å². The molecule has 1 fully saturated rings. The summed E-state index contributed by atoms with van der Waals surface area (Å²) in [4.78, 5) is 25.9. The summed E-state index contributed by atoms with van der Waals surface area (Å²) in [6, 6.07) is -0.587. The predicted octanol–water partition coefficient (Wildman–Crippen LogP) is 0.393. The summed E-state index contributed by atoms with van der Waals surface area (Å²) in [7, 11) is 1.33. The number of methoxy groups -OCH3 is 1. The van der Waals surface area contributed by atoms with E-state index < -0.39 is 12.0 Å². The van der Waals surface area contributed by atoms with E-state index in [4.69, 9.17) is 4.74 Å². The van der Waals surface area contributed by atoms with E-state index >= 15 is 0 Å². The minimum absolute atomic E-state index is 0.0209. The summed E-state index contributed by atoms with van der Waals surface area (Å²) in [5.41, 5.74) is 0. The van der Waals surface area contributed by atoms with Gasteiger partial charge in [-0.25, -0.2) is 4.79 Å². The van der Waals surface area contributed by atoms with Crippen molar-refractivity contribution >= 4 is 11.9 Å². The van der Waals surface area contributed by atoms with Gasteiger partial charge in [0.2, 0.25) is 5.91 Å². The van der Waals surface area contributed by atoms with Gasteiger partial charge in [-0.1, -0.05) is 27.2 Å². The molecule has 1 heterocycles. The van der Waals surface area contributed by atoms with Crippen molar-refractivity contribution < 1.29 is 19.4 Å². The Morgan fingerprint density at radius 3 is 2.67 bits per heavy atom. The van der Waals surface area contributed by atoms with Gasteiger partial charge in [-0.3, -0.25) is 9.69 Å². The third kappa shape index (κ3) is 4.68. The quantitative estimate of drug-likeness (QED) is 0.665. The summed E-state index contributed by atoms with van der Waals surface area (Å²) in [6.07, 6.45) is 1.75. The molecule has 0 bridgehead atoms. The zero-order chi connectivity index (χ0) is 16.0. The van der Waals surface area contributed by atoms with Crippen LogP contribution in [0.2, 0.25) is 0 Å². The summed E-state index contributed by atoms with van der Waals surface area (Å²) < 4.78 is 4.76. The van der Waals surface area contributed by atoms with Crippen LogP contribution < -0.4 is 5.32 Å². The lowest BCUT2D eigenvalue weighted by Gasteiger charge is -2.26. The molecule has 4 unspecified atom stereocenters. The molecule has 0 saturated carbocycles. The molecule has 0 aliphatic carbocycles. The first-order valence-corrected chi connectivity index (χ1v) is 7.66. The van der Waals surface area contributed by atoms with Crippen molar-refractivity contribution in [2.45, 2.75) is 45.7 Å². The molecule has 0 aromatic heterocycles. The molecule has 122 valence electrons. The molecule has 21 heavy (non-hydrogen) atoms. The fraction of sp³-hybridized carbons (Fsp3) is 0.867. The minimum atomic E-state index is -0.611. The van der Waals surface area contributed by atoms with Crippen molar-refractivity contribution in [2.24, 2.45) is 11.8 Å². The molecular weight excluding hydrogens is 272 g/mol. The number of amides is 1. The molecule has 6 nitrogen and oxygen atoms in total. The Morgan fingerprint density at radius 1 is 1.48 bits per heavy atom. The van der Waals surface area contributed by atoms with Gasteiger partial charge < -0.3 is 15.2 Å². The van der Waals surface area contributed by atoms with E-state index in [1.54, 1.807) is 0 Å². The molecule has 0 aromatic rings. The number of aliphatic hydroxyl groups is 1. The number of nitrogens with zero attached hydrogens (tertiary/aromatic N) is 1. The SMILES string of the molecule is CCC(C)C(NC(=O)CN1CCC(C)C1CO)C(=O)OC. The number of nitrogens with one attached hydrogen (secondary N) is 1. The molecule has 2 N–H and O–H groups in total. The third-order valence-corrected chi connectivity index (χ3v) is 4.52. The largest absolute Gasteiger partial charge is 0.467 e. The van der Waals surface area contributed by atoms with Gasteiger partial charge in [-0.15, -0.1) is 0 Å². The van der Waals surface area contributed by atoms with Crippen molar-refractivity contribution in [1.29, 1.82) is 0 Å². The van der Waals surface area contributed by atoms with Crippen molar-refractivity contribution in [3.05, 3.63) is 0 Å².